The minimum atomic E-state index is -0.418. The number of non-ortho nitro benzene ring substituents is 1. The largest absolute Gasteiger partial charge is 0.297 e. The van der Waals surface area contributed by atoms with Crippen molar-refractivity contribution in [1.82, 2.24) is 4.90 Å². The highest BCUT2D eigenvalue weighted by Gasteiger charge is 2.12. The molecule has 1 heterocycles. The highest BCUT2D eigenvalue weighted by Crippen LogP contribution is 2.25. The van der Waals surface area contributed by atoms with Crippen molar-refractivity contribution in [3.8, 4) is 0 Å². The minimum absolute atomic E-state index is 0.0527. The molecular weight excluding hydrogens is 319 g/mol. The number of rotatable bonds is 5. The topological polar surface area (TPSA) is 46.4 Å². The normalized spacial score (nSPS) is 11.0. The number of nitro benzene ring substituents is 1. The summed E-state index contributed by atoms with van der Waals surface area (Å²) in [5.41, 5.74) is 0.794. The van der Waals surface area contributed by atoms with Crippen molar-refractivity contribution in [1.29, 1.82) is 0 Å². The second-order valence-electron chi connectivity index (χ2n) is 4.41. The van der Waals surface area contributed by atoms with Gasteiger partial charge in [-0.3, -0.25) is 15.0 Å². The van der Waals surface area contributed by atoms with E-state index in [1.165, 1.54) is 23.5 Å². The first-order valence-corrected chi connectivity index (χ1v) is 7.38. The van der Waals surface area contributed by atoms with Gasteiger partial charge in [0.25, 0.3) is 5.69 Å². The smallest absolute Gasteiger partial charge is 0.269 e. The summed E-state index contributed by atoms with van der Waals surface area (Å²) >= 11 is 13.5. The predicted octanol–water partition coefficient (Wildman–Crippen LogP) is 4.60. The van der Waals surface area contributed by atoms with E-state index >= 15 is 0 Å². The van der Waals surface area contributed by atoms with Crippen LogP contribution in [-0.4, -0.2) is 16.9 Å². The fourth-order valence-electron chi connectivity index (χ4n) is 1.85. The van der Waals surface area contributed by atoms with Gasteiger partial charge in [0.1, 0.15) is 0 Å². The standard InChI is InChI=1S/C13H12Cl2N2O2S/c1-16(8-11-3-5-13(15)20-11)7-9-6-10(17(18)19)2-4-12(9)14/h2-6H,7-8H2,1H3. The fourth-order valence-corrected chi connectivity index (χ4v) is 3.19. The lowest BCUT2D eigenvalue weighted by atomic mass is 10.2. The van der Waals surface area contributed by atoms with E-state index in [0.29, 0.717) is 11.6 Å². The zero-order chi connectivity index (χ0) is 14.7. The number of halogens is 2. The van der Waals surface area contributed by atoms with Gasteiger partial charge in [0.15, 0.2) is 0 Å². The molecule has 0 aliphatic heterocycles. The quantitative estimate of drug-likeness (QED) is 0.594. The van der Waals surface area contributed by atoms with Crippen LogP contribution in [0, 0.1) is 10.1 Å². The number of thiophene rings is 1. The van der Waals surface area contributed by atoms with Gasteiger partial charge in [-0.05, 0) is 30.8 Å². The van der Waals surface area contributed by atoms with Crippen molar-refractivity contribution in [2.24, 2.45) is 0 Å². The Bertz CT molecular complexity index is 631. The molecule has 1 aromatic carbocycles. The molecule has 0 N–H and O–H groups in total. The maximum absolute atomic E-state index is 10.8. The van der Waals surface area contributed by atoms with E-state index in [0.717, 1.165) is 21.3 Å². The average molecular weight is 331 g/mol. The molecule has 0 aliphatic carbocycles. The summed E-state index contributed by atoms with van der Waals surface area (Å²) in [5, 5.41) is 11.3. The molecule has 0 spiro atoms. The van der Waals surface area contributed by atoms with Crippen LogP contribution in [0.25, 0.3) is 0 Å². The van der Waals surface area contributed by atoms with Crippen LogP contribution in [0.15, 0.2) is 30.3 Å². The van der Waals surface area contributed by atoms with E-state index in [-0.39, 0.29) is 5.69 Å². The summed E-state index contributed by atoms with van der Waals surface area (Å²) in [5.74, 6) is 0. The van der Waals surface area contributed by atoms with E-state index in [9.17, 15) is 10.1 Å². The molecular formula is C13H12Cl2N2O2S. The minimum Gasteiger partial charge on any atom is -0.297 e. The Balaban J connectivity index is 2.08. The summed E-state index contributed by atoms with van der Waals surface area (Å²) in [4.78, 5) is 13.5. The van der Waals surface area contributed by atoms with Crippen LogP contribution >= 0.6 is 34.5 Å². The number of hydrogen-bond acceptors (Lipinski definition) is 4. The van der Waals surface area contributed by atoms with E-state index in [1.807, 2.05) is 24.1 Å². The molecule has 0 fully saturated rings. The molecule has 7 heteroatoms. The summed E-state index contributed by atoms with van der Waals surface area (Å²) in [6.07, 6.45) is 0. The van der Waals surface area contributed by atoms with Crippen molar-refractivity contribution < 1.29 is 4.92 Å². The lowest BCUT2D eigenvalue weighted by Crippen LogP contribution is -2.16. The van der Waals surface area contributed by atoms with Gasteiger partial charge in [-0.15, -0.1) is 11.3 Å². The molecule has 2 rings (SSSR count). The maximum atomic E-state index is 10.8. The molecule has 0 atom stereocenters. The Kier molecular flexibility index (Phi) is 4.99. The lowest BCUT2D eigenvalue weighted by Gasteiger charge is -2.16. The number of hydrogen-bond donors (Lipinski definition) is 0. The summed E-state index contributed by atoms with van der Waals surface area (Å²) in [6, 6.07) is 8.31. The van der Waals surface area contributed by atoms with Crippen LogP contribution < -0.4 is 0 Å². The van der Waals surface area contributed by atoms with Gasteiger partial charge in [0.05, 0.1) is 9.26 Å². The second-order valence-corrected chi connectivity index (χ2v) is 6.62. The third-order valence-corrected chi connectivity index (χ3v) is 4.32. The molecule has 4 nitrogen and oxygen atoms in total. The van der Waals surface area contributed by atoms with Crippen LogP contribution in [-0.2, 0) is 13.1 Å². The third-order valence-electron chi connectivity index (χ3n) is 2.73. The Morgan fingerprint density at radius 2 is 2.00 bits per heavy atom. The van der Waals surface area contributed by atoms with Gasteiger partial charge in [0.2, 0.25) is 0 Å². The molecule has 1 aromatic heterocycles. The Morgan fingerprint density at radius 1 is 1.25 bits per heavy atom. The van der Waals surface area contributed by atoms with Crippen molar-refractivity contribution in [2.75, 3.05) is 7.05 Å². The van der Waals surface area contributed by atoms with Gasteiger partial charge in [-0.2, -0.15) is 0 Å². The van der Waals surface area contributed by atoms with Crippen LogP contribution in [0.1, 0.15) is 10.4 Å². The first-order valence-electron chi connectivity index (χ1n) is 5.81. The SMILES string of the molecule is CN(Cc1ccc(Cl)s1)Cc1cc([N+](=O)[O-])ccc1Cl. The van der Waals surface area contributed by atoms with Crippen LogP contribution in [0.3, 0.4) is 0 Å². The van der Waals surface area contributed by atoms with E-state index in [4.69, 9.17) is 23.2 Å². The molecule has 0 amide bonds. The molecule has 0 saturated heterocycles. The van der Waals surface area contributed by atoms with Gasteiger partial charge in [0, 0.05) is 35.1 Å². The zero-order valence-electron chi connectivity index (χ0n) is 10.7. The van der Waals surface area contributed by atoms with E-state index in [1.54, 1.807) is 6.07 Å². The second kappa shape index (κ2) is 6.54. The summed E-state index contributed by atoms with van der Waals surface area (Å²) in [7, 11) is 1.93. The Morgan fingerprint density at radius 3 is 2.60 bits per heavy atom. The Labute approximate surface area is 130 Å². The van der Waals surface area contributed by atoms with Crippen LogP contribution in [0.4, 0.5) is 5.69 Å². The Hall–Kier alpha value is -1.14. The maximum Gasteiger partial charge on any atom is 0.269 e. The molecule has 0 saturated carbocycles. The fraction of sp³-hybridized carbons (Fsp3) is 0.231. The average Bonchev–Trinajstić information content (AvgIpc) is 2.77. The van der Waals surface area contributed by atoms with Crippen molar-refractivity contribution in [3.05, 3.63) is 60.2 Å². The van der Waals surface area contributed by atoms with Crippen molar-refractivity contribution in [2.45, 2.75) is 13.1 Å². The zero-order valence-corrected chi connectivity index (χ0v) is 13.0. The third kappa shape index (κ3) is 3.93. The molecule has 2 aromatic rings. The van der Waals surface area contributed by atoms with Gasteiger partial charge in [-0.25, -0.2) is 0 Å². The predicted molar refractivity (Wildman–Crippen MR) is 82.6 cm³/mol. The molecule has 20 heavy (non-hydrogen) atoms. The lowest BCUT2D eigenvalue weighted by molar-refractivity contribution is -0.384. The molecule has 0 aliphatic rings. The summed E-state index contributed by atoms with van der Waals surface area (Å²) in [6.45, 7) is 1.26. The highest BCUT2D eigenvalue weighted by atomic mass is 35.5. The number of benzene rings is 1. The first kappa shape index (κ1) is 15.3. The monoisotopic (exact) mass is 330 g/mol. The van der Waals surface area contributed by atoms with E-state index in [2.05, 4.69) is 0 Å². The first-order chi connectivity index (χ1) is 9.45. The van der Waals surface area contributed by atoms with E-state index < -0.39 is 4.92 Å². The number of nitrogens with zero attached hydrogens (tertiary/aromatic N) is 2. The molecule has 0 bridgehead atoms. The van der Waals surface area contributed by atoms with Gasteiger partial charge in [-0.1, -0.05) is 23.2 Å². The molecule has 0 unspecified atom stereocenters. The summed E-state index contributed by atoms with van der Waals surface area (Å²) < 4.78 is 0.752. The highest BCUT2D eigenvalue weighted by molar-refractivity contribution is 7.16. The van der Waals surface area contributed by atoms with Gasteiger partial charge < -0.3 is 0 Å². The van der Waals surface area contributed by atoms with Gasteiger partial charge >= 0.3 is 0 Å². The van der Waals surface area contributed by atoms with Crippen molar-refractivity contribution in [3.63, 3.8) is 0 Å². The number of nitro groups is 1. The van der Waals surface area contributed by atoms with Crippen LogP contribution in [0.5, 0.6) is 0 Å². The molecule has 106 valence electrons. The van der Waals surface area contributed by atoms with Crippen LogP contribution in [0.2, 0.25) is 9.36 Å². The molecule has 0 radical (unpaired) electrons. The van der Waals surface area contributed by atoms with Crippen molar-refractivity contribution >= 4 is 40.2 Å².